The average molecular weight is 491 g/mol. The Morgan fingerprint density at radius 1 is 0.794 bits per heavy atom. The van der Waals surface area contributed by atoms with E-state index in [1.54, 1.807) is 0 Å². The van der Waals surface area contributed by atoms with Crippen molar-refractivity contribution in [3.63, 3.8) is 0 Å². The number of rotatable bonds is 17. The van der Waals surface area contributed by atoms with E-state index in [0.29, 0.717) is 52.0 Å². The number of ether oxygens (including phenoxy) is 5. The second kappa shape index (κ2) is 15.6. The number of aliphatic hydroxyl groups is 1. The number of alkyl halides is 1. The van der Waals surface area contributed by atoms with E-state index in [4.69, 9.17) is 41.7 Å². The highest BCUT2D eigenvalue weighted by Crippen LogP contribution is 2.33. The third-order valence-corrected chi connectivity index (χ3v) is 5.55. The molecule has 0 unspecified atom stereocenters. The van der Waals surface area contributed by atoms with Crippen LogP contribution in [0.1, 0.15) is 25.0 Å². The lowest BCUT2D eigenvalue weighted by Crippen LogP contribution is -2.20. The molecule has 186 valence electrons. The molecule has 0 saturated heterocycles. The molecule has 0 saturated carbocycles. The van der Waals surface area contributed by atoms with Gasteiger partial charge in [0.15, 0.2) is 0 Å². The lowest BCUT2D eigenvalue weighted by Gasteiger charge is -2.26. The van der Waals surface area contributed by atoms with Crippen LogP contribution >= 0.6 is 11.6 Å². The van der Waals surface area contributed by atoms with Gasteiger partial charge in [-0.3, -0.25) is 0 Å². The third-order valence-electron chi connectivity index (χ3n) is 5.20. The zero-order chi connectivity index (χ0) is 24.7. The molecule has 0 fully saturated rings. The van der Waals surface area contributed by atoms with Crippen LogP contribution in [0.3, 0.4) is 0 Å². The molecule has 0 aliphatic heterocycles. The molecule has 0 aliphatic carbocycles. The van der Waals surface area contributed by atoms with Crippen molar-refractivity contribution in [1.29, 1.82) is 0 Å². The minimum atomic E-state index is -0.672. The lowest BCUT2D eigenvalue weighted by atomic mass is 9.78. The number of terminal acetylenes is 1. The molecule has 0 spiro atoms. The smallest absolute Gasteiger partial charge is 0.119 e. The topological polar surface area (TPSA) is 66.4 Å². The van der Waals surface area contributed by atoms with Crippen LogP contribution in [0.2, 0.25) is 0 Å². The average Bonchev–Trinajstić information content (AvgIpc) is 2.86. The Morgan fingerprint density at radius 2 is 1.26 bits per heavy atom. The first kappa shape index (κ1) is 28.0. The van der Waals surface area contributed by atoms with Gasteiger partial charge in [-0.05, 0) is 35.4 Å². The molecule has 0 amide bonds. The summed E-state index contributed by atoms with van der Waals surface area (Å²) in [6.07, 6.45) is 4.42. The van der Waals surface area contributed by atoms with Gasteiger partial charge in [-0.2, -0.15) is 0 Å². The van der Waals surface area contributed by atoms with Gasteiger partial charge in [0, 0.05) is 5.41 Å². The molecule has 0 heterocycles. The van der Waals surface area contributed by atoms with E-state index in [1.165, 1.54) is 5.56 Å². The molecule has 0 bridgehead atoms. The molecule has 34 heavy (non-hydrogen) atoms. The zero-order valence-electron chi connectivity index (χ0n) is 20.0. The molecule has 2 aromatic carbocycles. The molecule has 0 aromatic heterocycles. The summed E-state index contributed by atoms with van der Waals surface area (Å²) in [5, 5.41) is 9.53. The summed E-state index contributed by atoms with van der Waals surface area (Å²) in [7, 11) is 0. The summed E-state index contributed by atoms with van der Waals surface area (Å²) < 4.78 is 27.3. The van der Waals surface area contributed by atoms with Gasteiger partial charge in [-0.15, -0.1) is 18.0 Å². The van der Waals surface area contributed by atoms with Gasteiger partial charge in [0.25, 0.3) is 0 Å². The number of hydrogen-bond acceptors (Lipinski definition) is 6. The van der Waals surface area contributed by atoms with E-state index in [1.807, 2.05) is 36.4 Å². The Balaban J connectivity index is 1.71. The molecule has 1 N–H and O–H groups in total. The Morgan fingerprint density at radius 3 is 1.76 bits per heavy atom. The summed E-state index contributed by atoms with van der Waals surface area (Å²) in [4.78, 5) is 0. The maximum absolute atomic E-state index is 9.53. The molecular formula is C27H35ClO6. The maximum Gasteiger partial charge on any atom is 0.119 e. The van der Waals surface area contributed by atoms with Gasteiger partial charge in [-0.1, -0.05) is 44.0 Å². The highest BCUT2D eigenvalue weighted by Gasteiger charge is 2.23. The molecule has 0 aliphatic rings. The van der Waals surface area contributed by atoms with Crippen molar-refractivity contribution >= 4 is 11.6 Å². The van der Waals surface area contributed by atoms with Crippen LogP contribution in [0.4, 0.5) is 0 Å². The number of benzene rings is 2. The van der Waals surface area contributed by atoms with Crippen LogP contribution < -0.4 is 9.47 Å². The van der Waals surface area contributed by atoms with Gasteiger partial charge >= 0.3 is 0 Å². The maximum atomic E-state index is 9.53. The fraction of sp³-hybridized carbons (Fsp3) is 0.481. The molecular weight excluding hydrogens is 456 g/mol. The van der Waals surface area contributed by atoms with E-state index in [9.17, 15) is 5.11 Å². The Kier molecular flexibility index (Phi) is 12.8. The minimum absolute atomic E-state index is 0.150. The van der Waals surface area contributed by atoms with Crippen LogP contribution in [-0.2, 0) is 19.6 Å². The van der Waals surface area contributed by atoms with Gasteiger partial charge in [0.1, 0.15) is 37.4 Å². The van der Waals surface area contributed by atoms with Crippen molar-refractivity contribution in [3.05, 3.63) is 59.7 Å². The van der Waals surface area contributed by atoms with Crippen molar-refractivity contribution in [1.82, 2.24) is 0 Å². The van der Waals surface area contributed by atoms with E-state index in [0.717, 1.165) is 11.3 Å². The first-order valence-corrected chi connectivity index (χ1v) is 11.9. The van der Waals surface area contributed by atoms with E-state index in [-0.39, 0.29) is 17.9 Å². The number of aliphatic hydroxyl groups excluding tert-OH is 1. The van der Waals surface area contributed by atoms with Gasteiger partial charge in [0.2, 0.25) is 0 Å². The number of hydrogen-bond donors (Lipinski definition) is 1. The first-order chi connectivity index (χ1) is 16.5. The zero-order valence-corrected chi connectivity index (χ0v) is 20.8. The predicted molar refractivity (Wildman–Crippen MR) is 134 cm³/mol. The third kappa shape index (κ3) is 9.92. The van der Waals surface area contributed by atoms with Crippen molar-refractivity contribution in [2.75, 3.05) is 58.7 Å². The summed E-state index contributed by atoms with van der Waals surface area (Å²) >= 11 is 5.60. The molecule has 7 heteroatoms. The van der Waals surface area contributed by atoms with Crippen LogP contribution in [0.5, 0.6) is 11.5 Å². The van der Waals surface area contributed by atoms with Gasteiger partial charge in [-0.25, -0.2) is 0 Å². The normalized spacial score (nSPS) is 12.2. The molecule has 6 nitrogen and oxygen atoms in total. The van der Waals surface area contributed by atoms with Crippen LogP contribution in [0.25, 0.3) is 0 Å². The van der Waals surface area contributed by atoms with Crippen molar-refractivity contribution in [3.8, 4) is 23.8 Å². The minimum Gasteiger partial charge on any atom is -0.491 e. The molecule has 1 atom stereocenters. The SMILES string of the molecule is C#CCOCCOCCOCCOc1ccc(C(C)(C)c2ccc(OC[C@H](O)CCl)cc2)cc1. The second-order valence-corrected chi connectivity index (χ2v) is 8.43. The van der Waals surface area contributed by atoms with Gasteiger partial charge < -0.3 is 28.8 Å². The van der Waals surface area contributed by atoms with Crippen molar-refractivity contribution < 1.29 is 28.8 Å². The molecule has 2 rings (SSSR count). The van der Waals surface area contributed by atoms with Gasteiger partial charge in [0.05, 0.1) is 38.9 Å². The first-order valence-electron chi connectivity index (χ1n) is 11.3. The van der Waals surface area contributed by atoms with Crippen LogP contribution in [0, 0.1) is 12.3 Å². The second-order valence-electron chi connectivity index (χ2n) is 8.12. The summed E-state index contributed by atoms with van der Waals surface area (Å²) in [5.41, 5.74) is 2.14. The van der Waals surface area contributed by atoms with Crippen molar-refractivity contribution in [2.45, 2.75) is 25.4 Å². The quantitative estimate of drug-likeness (QED) is 0.205. The monoisotopic (exact) mass is 490 g/mol. The Hall–Kier alpha value is -2.27. The fourth-order valence-electron chi connectivity index (χ4n) is 3.13. The van der Waals surface area contributed by atoms with Crippen LogP contribution in [0.15, 0.2) is 48.5 Å². The molecule has 0 radical (unpaired) electrons. The fourth-order valence-corrected chi connectivity index (χ4v) is 3.22. The summed E-state index contributed by atoms with van der Waals surface area (Å²) in [6, 6.07) is 16.0. The highest BCUT2D eigenvalue weighted by molar-refractivity contribution is 6.18. The summed E-state index contributed by atoms with van der Waals surface area (Å²) in [5.74, 6) is 4.06. The number of halogens is 1. The van der Waals surface area contributed by atoms with E-state index >= 15 is 0 Å². The van der Waals surface area contributed by atoms with E-state index in [2.05, 4.69) is 31.9 Å². The van der Waals surface area contributed by atoms with Crippen LogP contribution in [-0.4, -0.2) is 69.9 Å². The summed E-state index contributed by atoms with van der Waals surface area (Å²) in [6.45, 7) is 7.78. The highest BCUT2D eigenvalue weighted by atomic mass is 35.5. The standard InChI is InChI=1S/C27H35ClO6/c1-4-13-30-14-15-31-16-17-32-18-19-33-25-9-5-22(6-10-25)27(2,3)23-7-11-26(12-8-23)34-21-24(29)20-28/h1,5-12,24,29H,13-21H2,2-3H3/t24-/m1/s1. The molecule has 2 aromatic rings. The Labute approximate surface area is 208 Å². The van der Waals surface area contributed by atoms with E-state index < -0.39 is 6.10 Å². The van der Waals surface area contributed by atoms with Crippen molar-refractivity contribution in [2.24, 2.45) is 0 Å². The lowest BCUT2D eigenvalue weighted by molar-refractivity contribution is 0.0142. The predicted octanol–water partition coefficient (Wildman–Crippen LogP) is 4.05. The Bertz CT molecular complexity index is 845. The largest absolute Gasteiger partial charge is 0.491 e.